The van der Waals surface area contributed by atoms with Crippen molar-refractivity contribution in [2.24, 2.45) is 0 Å². The molecule has 0 radical (unpaired) electrons. The van der Waals surface area contributed by atoms with E-state index in [0.29, 0.717) is 6.54 Å². The number of nitro groups is 1. The number of benzene rings is 2. The summed E-state index contributed by atoms with van der Waals surface area (Å²) >= 11 is 5.91. The maximum Gasteiger partial charge on any atom is 0.282 e. The molecule has 1 fully saturated rings. The number of carbonyl (C=O) groups excluding carboxylic acids is 1. The zero-order valence-electron chi connectivity index (χ0n) is 15.0. The molecule has 1 amide bonds. The summed E-state index contributed by atoms with van der Waals surface area (Å²) in [5, 5.41) is 14.2. The lowest BCUT2D eigenvalue weighted by molar-refractivity contribution is -0.385. The van der Waals surface area contributed by atoms with Gasteiger partial charge in [-0.15, -0.1) is 0 Å². The van der Waals surface area contributed by atoms with Crippen LogP contribution in [0.1, 0.15) is 40.7 Å². The number of nitrogens with one attached hydrogen (secondary N) is 1. The van der Waals surface area contributed by atoms with Gasteiger partial charge in [0.05, 0.1) is 4.92 Å². The lowest BCUT2D eigenvalue weighted by Gasteiger charge is -2.27. The van der Waals surface area contributed by atoms with E-state index in [1.807, 2.05) is 18.2 Å². The van der Waals surface area contributed by atoms with Crippen LogP contribution in [0.4, 0.5) is 5.69 Å². The Kier molecular flexibility index (Phi) is 6.42. The molecular formula is C20H22ClN3O3. The third-order valence-corrected chi connectivity index (χ3v) is 5.04. The molecule has 1 aliphatic rings. The van der Waals surface area contributed by atoms with Crippen LogP contribution in [-0.4, -0.2) is 28.8 Å². The van der Waals surface area contributed by atoms with Crippen molar-refractivity contribution in [3.63, 3.8) is 0 Å². The fourth-order valence-corrected chi connectivity index (χ4v) is 3.53. The van der Waals surface area contributed by atoms with E-state index in [1.54, 1.807) is 0 Å². The van der Waals surface area contributed by atoms with Gasteiger partial charge < -0.3 is 5.32 Å². The van der Waals surface area contributed by atoms with Crippen LogP contribution in [0, 0.1) is 10.1 Å². The Morgan fingerprint density at radius 1 is 1.11 bits per heavy atom. The van der Waals surface area contributed by atoms with Crippen molar-refractivity contribution in [1.82, 2.24) is 10.2 Å². The van der Waals surface area contributed by atoms with Gasteiger partial charge in [0.15, 0.2) is 0 Å². The predicted octanol–water partition coefficient (Wildman–Crippen LogP) is 4.16. The van der Waals surface area contributed by atoms with Crippen molar-refractivity contribution in [3.05, 3.63) is 74.3 Å². The molecule has 0 unspecified atom stereocenters. The van der Waals surface area contributed by atoms with Crippen LogP contribution in [0.3, 0.4) is 0 Å². The summed E-state index contributed by atoms with van der Waals surface area (Å²) in [5.41, 5.74) is 1.90. The van der Waals surface area contributed by atoms with E-state index in [-0.39, 0.29) is 16.3 Å². The van der Waals surface area contributed by atoms with Crippen LogP contribution in [0.25, 0.3) is 0 Å². The number of carbonyl (C=O) groups is 1. The molecule has 3 rings (SSSR count). The van der Waals surface area contributed by atoms with Crippen LogP contribution in [0.5, 0.6) is 0 Å². The zero-order valence-corrected chi connectivity index (χ0v) is 15.7. The number of likely N-dealkylation sites (tertiary alicyclic amines) is 1. The molecule has 27 heavy (non-hydrogen) atoms. The first-order valence-electron chi connectivity index (χ1n) is 9.06. The fourth-order valence-electron chi connectivity index (χ4n) is 3.36. The minimum Gasteiger partial charge on any atom is -0.348 e. The predicted molar refractivity (Wildman–Crippen MR) is 105 cm³/mol. The van der Waals surface area contributed by atoms with E-state index in [2.05, 4.69) is 16.3 Å². The molecule has 0 atom stereocenters. The number of nitro benzene ring substituents is 1. The Balaban J connectivity index is 1.71. The summed E-state index contributed by atoms with van der Waals surface area (Å²) in [4.78, 5) is 25.5. The van der Waals surface area contributed by atoms with Gasteiger partial charge in [0.25, 0.3) is 11.6 Å². The largest absolute Gasteiger partial charge is 0.348 e. The Hall–Kier alpha value is -2.44. The molecule has 1 aliphatic heterocycles. The minimum absolute atomic E-state index is 0.0268. The third kappa shape index (κ3) is 5.05. The van der Waals surface area contributed by atoms with Crippen LogP contribution >= 0.6 is 11.6 Å². The van der Waals surface area contributed by atoms with Crippen LogP contribution in [0.2, 0.25) is 5.02 Å². The number of nitrogens with zero attached hydrogens (tertiary/aromatic N) is 2. The molecular weight excluding hydrogens is 366 g/mol. The fraction of sp³-hybridized carbons (Fsp3) is 0.350. The monoisotopic (exact) mass is 387 g/mol. The van der Waals surface area contributed by atoms with Gasteiger partial charge in [-0.05, 0) is 49.2 Å². The summed E-state index contributed by atoms with van der Waals surface area (Å²) in [6.45, 7) is 3.35. The molecule has 2 aromatic rings. The third-order valence-electron chi connectivity index (χ3n) is 4.80. The Labute approximate surface area is 163 Å². The van der Waals surface area contributed by atoms with Gasteiger partial charge in [-0.3, -0.25) is 19.8 Å². The van der Waals surface area contributed by atoms with E-state index >= 15 is 0 Å². The molecule has 0 saturated carbocycles. The van der Waals surface area contributed by atoms with Gasteiger partial charge in [0.2, 0.25) is 0 Å². The second-order valence-corrected chi connectivity index (χ2v) is 7.14. The van der Waals surface area contributed by atoms with E-state index in [0.717, 1.165) is 25.2 Å². The quantitative estimate of drug-likeness (QED) is 0.596. The lowest BCUT2D eigenvalue weighted by atomic mass is 10.0. The maximum atomic E-state index is 12.5. The van der Waals surface area contributed by atoms with E-state index in [4.69, 9.17) is 11.6 Å². The molecule has 1 N–H and O–H groups in total. The highest BCUT2D eigenvalue weighted by molar-refractivity contribution is 6.31. The van der Waals surface area contributed by atoms with Crippen molar-refractivity contribution >= 4 is 23.2 Å². The topological polar surface area (TPSA) is 75.5 Å². The van der Waals surface area contributed by atoms with Crippen molar-refractivity contribution < 1.29 is 9.72 Å². The number of halogens is 1. The van der Waals surface area contributed by atoms with Crippen LogP contribution < -0.4 is 5.32 Å². The first-order chi connectivity index (χ1) is 13.0. The van der Waals surface area contributed by atoms with Crippen molar-refractivity contribution in [2.45, 2.75) is 32.4 Å². The van der Waals surface area contributed by atoms with E-state index in [9.17, 15) is 14.9 Å². The van der Waals surface area contributed by atoms with Crippen LogP contribution in [-0.2, 0) is 13.1 Å². The van der Waals surface area contributed by atoms with Crippen LogP contribution in [0.15, 0.2) is 42.5 Å². The molecule has 0 bridgehead atoms. The number of rotatable bonds is 6. The number of hydrogen-bond acceptors (Lipinski definition) is 4. The lowest BCUT2D eigenvalue weighted by Crippen LogP contribution is -2.30. The standard InChI is InChI=1S/C20H22ClN3O3/c21-17-8-9-19(24(26)27)18(12-17)20(25)22-13-15-6-2-3-7-16(15)14-23-10-4-1-5-11-23/h2-3,6-9,12H,1,4-5,10-11,13-14H2,(H,22,25). The molecule has 1 saturated heterocycles. The highest BCUT2D eigenvalue weighted by atomic mass is 35.5. The van der Waals surface area contributed by atoms with Crippen molar-refractivity contribution in [1.29, 1.82) is 0 Å². The average molecular weight is 388 g/mol. The number of amides is 1. The summed E-state index contributed by atoms with van der Waals surface area (Å²) < 4.78 is 0. The molecule has 1 heterocycles. The normalized spacial score (nSPS) is 14.7. The average Bonchev–Trinajstić information content (AvgIpc) is 2.67. The zero-order chi connectivity index (χ0) is 19.2. The molecule has 0 aliphatic carbocycles. The number of hydrogen-bond donors (Lipinski definition) is 1. The van der Waals surface area contributed by atoms with Gasteiger partial charge in [-0.1, -0.05) is 42.3 Å². The molecule has 7 heteroatoms. The van der Waals surface area contributed by atoms with Gasteiger partial charge in [-0.2, -0.15) is 0 Å². The highest BCUT2D eigenvalue weighted by Gasteiger charge is 2.20. The summed E-state index contributed by atoms with van der Waals surface area (Å²) in [6.07, 6.45) is 3.72. The second kappa shape index (κ2) is 8.97. The van der Waals surface area contributed by atoms with Gasteiger partial charge >= 0.3 is 0 Å². The summed E-state index contributed by atoms with van der Waals surface area (Å²) in [5.74, 6) is -0.503. The Morgan fingerprint density at radius 3 is 2.52 bits per heavy atom. The number of piperidine rings is 1. The SMILES string of the molecule is O=C(NCc1ccccc1CN1CCCCC1)c1cc(Cl)ccc1[N+](=O)[O-]. The maximum absolute atomic E-state index is 12.5. The summed E-state index contributed by atoms with van der Waals surface area (Å²) in [7, 11) is 0. The van der Waals surface area contributed by atoms with Gasteiger partial charge in [0, 0.05) is 24.2 Å². The van der Waals surface area contributed by atoms with Gasteiger partial charge in [-0.25, -0.2) is 0 Å². The Morgan fingerprint density at radius 2 is 1.81 bits per heavy atom. The first-order valence-corrected chi connectivity index (χ1v) is 9.43. The van der Waals surface area contributed by atoms with E-state index < -0.39 is 10.8 Å². The second-order valence-electron chi connectivity index (χ2n) is 6.71. The molecule has 2 aromatic carbocycles. The molecule has 142 valence electrons. The molecule has 0 aromatic heterocycles. The smallest absolute Gasteiger partial charge is 0.282 e. The summed E-state index contributed by atoms with van der Waals surface area (Å²) in [6, 6.07) is 12.0. The minimum atomic E-state index is -0.574. The van der Waals surface area contributed by atoms with Gasteiger partial charge in [0.1, 0.15) is 5.56 Å². The first kappa shape index (κ1) is 19.3. The molecule has 6 nitrogen and oxygen atoms in total. The van der Waals surface area contributed by atoms with Crippen molar-refractivity contribution in [2.75, 3.05) is 13.1 Å². The van der Waals surface area contributed by atoms with E-state index in [1.165, 1.54) is 43.0 Å². The Bertz CT molecular complexity index is 835. The van der Waals surface area contributed by atoms with Crippen molar-refractivity contribution in [3.8, 4) is 0 Å². The highest BCUT2D eigenvalue weighted by Crippen LogP contribution is 2.23. The molecule has 0 spiro atoms.